The molecular weight excluding hydrogens is 521 g/mol. The minimum atomic E-state index is -4.76. The van der Waals surface area contributed by atoms with E-state index in [1.807, 2.05) is 6.92 Å². The number of thiophene rings is 1. The Morgan fingerprint density at radius 2 is 1.86 bits per heavy atom. The molecule has 4 rings (SSSR count). The first kappa shape index (κ1) is 26.2. The van der Waals surface area contributed by atoms with Crippen molar-refractivity contribution < 1.29 is 31.5 Å². The number of alkyl halides is 5. The Bertz CT molecular complexity index is 1520. The highest BCUT2D eigenvalue weighted by atomic mass is 32.1. The molecule has 9 nitrogen and oxygen atoms in total. The summed E-state index contributed by atoms with van der Waals surface area (Å²) in [6.45, 7) is 4.49. The van der Waals surface area contributed by atoms with Crippen molar-refractivity contribution in [3.63, 3.8) is 0 Å². The van der Waals surface area contributed by atoms with Crippen molar-refractivity contribution in [1.82, 2.24) is 24.5 Å². The lowest BCUT2D eigenvalue weighted by Crippen LogP contribution is -2.24. The van der Waals surface area contributed by atoms with Crippen molar-refractivity contribution in [3.05, 3.63) is 46.0 Å². The quantitative estimate of drug-likeness (QED) is 0.329. The second kappa shape index (κ2) is 9.53. The molecule has 4 aromatic heterocycles. The average Bonchev–Trinajstić information content (AvgIpc) is 3.47. The van der Waals surface area contributed by atoms with Crippen LogP contribution in [0.2, 0.25) is 0 Å². The fourth-order valence-corrected chi connectivity index (χ4v) is 4.90. The average molecular weight is 542 g/mol. The highest BCUT2D eigenvalue weighted by Crippen LogP contribution is 2.43. The van der Waals surface area contributed by atoms with E-state index < -0.39 is 42.3 Å². The van der Waals surface area contributed by atoms with Gasteiger partial charge in [0.1, 0.15) is 27.6 Å². The van der Waals surface area contributed by atoms with Crippen LogP contribution in [-0.4, -0.2) is 36.4 Å². The van der Waals surface area contributed by atoms with Crippen LogP contribution < -0.4 is 11.1 Å². The summed E-state index contributed by atoms with van der Waals surface area (Å²) in [5.74, 6) is -1.92. The molecule has 0 fully saturated rings. The van der Waals surface area contributed by atoms with Gasteiger partial charge in [-0.25, -0.2) is 13.8 Å². The molecule has 0 radical (unpaired) electrons. The van der Waals surface area contributed by atoms with E-state index >= 15 is 0 Å². The van der Waals surface area contributed by atoms with E-state index in [4.69, 9.17) is 5.73 Å². The Balaban J connectivity index is 1.87. The molecule has 4 heterocycles. The van der Waals surface area contributed by atoms with Crippen molar-refractivity contribution in [2.75, 3.05) is 5.32 Å². The molecule has 0 aromatic carbocycles. The highest BCUT2D eigenvalue weighted by Gasteiger charge is 2.36. The summed E-state index contributed by atoms with van der Waals surface area (Å²) >= 11 is 0.687. The number of primary amides is 1. The third-order valence-electron chi connectivity index (χ3n) is 5.44. The SMILES string of the molecule is CCn1cc(-c2cc(C(F)F)nc3sc(C(N)=O)c(NC(=O)Cn4nc(C)cc4C(F)(F)F)c23)c(C)n1. The monoisotopic (exact) mass is 541 g/mol. The zero-order chi connectivity index (χ0) is 27.2. The molecule has 0 aliphatic carbocycles. The number of nitrogens with one attached hydrogen (secondary N) is 1. The summed E-state index contributed by atoms with van der Waals surface area (Å²) in [5.41, 5.74) is 4.86. The molecular formula is C22H20F5N7O2S. The van der Waals surface area contributed by atoms with Gasteiger partial charge in [-0.1, -0.05) is 0 Å². The zero-order valence-corrected chi connectivity index (χ0v) is 20.5. The molecule has 0 atom stereocenters. The summed E-state index contributed by atoms with van der Waals surface area (Å²) < 4.78 is 69.5. The molecule has 3 N–H and O–H groups in total. The maximum atomic E-state index is 13.7. The van der Waals surface area contributed by atoms with Crippen LogP contribution in [0.15, 0.2) is 18.3 Å². The van der Waals surface area contributed by atoms with Crippen molar-refractivity contribution in [1.29, 1.82) is 0 Å². The van der Waals surface area contributed by atoms with Crippen molar-refractivity contribution in [2.24, 2.45) is 5.73 Å². The molecule has 0 aliphatic heterocycles. The number of rotatable bonds is 7. The van der Waals surface area contributed by atoms with Gasteiger partial charge >= 0.3 is 6.18 Å². The normalized spacial score (nSPS) is 12.0. The summed E-state index contributed by atoms with van der Waals surface area (Å²) in [6, 6.07) is 1.92. The Morgan fingerprint density at radius 1 is 1.16 bits per heavy atom. The van der Waals surface area contributed by atoms with E-state index in [9.17, 15) is 31.5 Å². The largest absolute Gasteiger partial charge is 0.433 e. The number of hydrogen-bond acceptors (Lipinski definition) is 6. The van der Waals surface area contributed by atoms with E-state index in [0.29, 0.717) is 33.8 Å². The maximum absolute atomic E-state index is 13.7. The van der Waals surface area contributed by atoms with Gasteiger partial charge in [0.15, 0.2) is 0 Å². The standard InChI is InChI=1S/C22H20F5N7O2S/c1-4-33-7-12(10(3)32-33)11-6-13(19(23)24)29-21-16(11)17(18(37-21)20(28)36)30-15(35)8-34-14(22(25,26)27)5-9(2)31-34/h5-7,19H,4,8H2,1-3H3,(H2,28,36)(H,30,35). The van der Waals surface area contributed by atoms with E-state index in [1.54, 1.807) is 17.8 Å². The topological polar surface area (TPSA) is 121 Å². The summed E-state index contributed by atoms with van der Waals surface area (Å²) in [7, 11) is 0. The molecule has 0 unspecified atom stereocenters. The lowest BCUT2D eigenvalue weighted by Gasteiger charge is -2.12. The molecule has 2 amide bonds. The molecule has 15 heteroatoms. The highest BCUT2D eigenvalue weighted by molar-refractivity contribution is 7.21. The Hall–Kier alpha value is -3.88. The Morgan fingerprint density at radius 3 is 2.43 bits per heavy atom. The smallest absolute Gasteiger partial charge is 0.365 e. The van der Waals surface area contributed by atoms with Gasteiger partial charge in [0.05, 0.1) is 17.1 Å². The van der Waals surface area contributed by atoms with E-state index in [2.05, 4.69) is 20.5 Å². The van der Waals surface area contributed by atoms with Crippen LogP contribution in [0.4, 0.5) is 27.6 Å². The lowest BCUT2D eigenvalue weighted by molar-refractivity contribution is -0.144. The number of amides is 2. The first-order chi connectivity index (χ1) is 17.3. The molecule has 0 bridgehead atoms. The third-order valence-corrected chi connectivity index (χ3v) is 6.54. The number of nitrogens with zero attached hydrogens (tertiary/aromatic N) is 5. The number of aromatic nitrogens is 5. The lowest BCUT2D eigenvalue weighted by atomic mass is 10.0. The van der Waals surface area contributed by atoms with E-state index in [1.165, 1.54) is 6.92 Å². The minimum absolute atomic E-state index is 0.00790. The molecule has 0 saturated carbocycles. The number of pyridine rings is 1. The zero-order valence-electron chi connectivity index (χ0n) is 19.7. The molecule has 4 aromatic rings. The minimum Gasteiger partial charge on any atom is -0.365 e. The van der Waals surface area contributed by atoms with Crippen LogP contribution >= 0.6 is 11.3 Å². The molecule has 196 valence electrons. The second-order valence-electron chi connectivity index (χ2n) is 8.10. The predicted octanol–water partition coefficient (Wildman–Crippen LogP) is 4.69. The number of hydrogen-bond donors (Lipinski definition) is 2. The third kappa shape index (κ3) is 5.03. The van der Waals surface area contributed by atoms with Gasteiger partial charge in [-0.15, -0.1) is 11.3 Å². The first-order valence-corrected chi connectivity index (χ1v) is 11.6. The van der Waals surface area contributed by atoms with E-state index in [0.717, 1.165) is 12.1 Å². The molecule has 0 aliphatic rings. The summed E-state index contributed by atoms with van der Waals surface area (Å²) in [5, 5.41) is 10.6. The Labute approximate surface area is 210 Å². The number of halogens is 5. The number of carbonyl (C=O) groups excluding carboxylic acids is 2. The molecule has 0 spiro atoms. The van der Waals surface area contributed by atoms with Gasteiger partial charge in [0, 0.05) is 23.7 Å². The van der Waals surface area contributed by atoms with Gasteiger partial charge in [0.2, 0.25) is 5.91 Å². The van der Waals surface area contributed by atoms with Gasteiger partial charge in [-0.3, -0.25) is 19.0 Å². The number of carbonyl (C=O) groups is 2. The summed E-state index contributed by atoms with van der Waals surface area (Å²) in [4.78, 5) is 28.8. The van der Waals surface area contributed by atoms with Crippen LogP contribution in [0.1, 0.15) is 45.8 Å². The van der Waals surface area contributed by atoms with Crippen molar-refractivity contribution in [3.8, 4) is 11.1 Å². The molecule has 37 heavy (non-hydrogen) atoms. The van der Waals surface area contributed by atoms with Gasteiger partial charge < -0.3 is 11.1 Å². The second-order valence-corrected chi connectivity index (χ2v) is 9.10. The van der Waals surface area contributed by atoms with Crippen LogP contribution in [0.25, 0.3) is 21.3 Å². The number of aryl methyl sites for hydroxylation is 3. The van der Waals surface area contributed by atoms with Gasteiger partial charge in [-0.05, 0) is 38.5 Å². The van der Waals surface area contributed by atoms with Gasteiger partial charge in [-0.2, -0.15) is 23.4 Å². The van der Waals surface area contributed by atoms with Crippen LogP contribution in [0.3, 0.4) is 0 Å². The molecule has 0 saturated heterocycles. The van der Waals surface area contributed by atoms with Crippen LogP contribution in [0, 0.1) is 13.8 Å². The Kier molecular flexibility index (Phi) is 6.75. The van der Waals surface area contributed by atoms with E-state index in [-0.39, 0.29) is 32.0 Å². The van der Waals surface area contributed by atoms with Gasteiger partial charge in [0.25, 0.3) is 12.3 Å². The van der Waals surface area contributed by atoms with Crippen LogP contribution in [-0.2, 0) is 24.1 Å². The summed E-state index contributed by atoms with van der Waals surface area (Å²) in [6.07, 6.45) is -6.07. The van der Waals surface area contributed by atoms with Crippen LogP contribution in [0.5, 0.6) is 0 Å². The maximum Gasteiger partial charge on any atom is 0.433 e. The van der Waals surface area contributed by atoms with Crippen molar-refractivity contribution in [2.45, 2.75) is 46.5 Å². The number of nitrogens with two attached hydrogens (primary N) is 1. The number of fused-ring (bicyclic) bond motifs is 1. The predicted molar refractivity (Wildman–Crippen MR) is 125 cm³/mol. The first-order valence-electron chi connectivity index (χ1n) is 10.8. The number of anilines is 1. The fraction of sp³-hybridized carbons (Fsp3) is 0.318. The fourth-order valence-electron chi connectivity index (χ4n) is 3.89. The van der Waals surface area contributed by atoms with Crippen molar-refractivity contribution >= 4 is 39.1 Å².